The van der Waals surface area contributed by atoms with Gasteiger partial charge in [0.05, 0.1) is 19.1 Å². The van der Waals surface area contributed by atoms with Crippen molar-refractivity contribution in [1.29, 1.82) is 0 Å². The second-order valence-corrected chi connectivity index (χ2v) is 10.4. The van der Waals surface area contributed by atoms with Crippen molar-refractivity contribution in [3.8, 4) is 5.75 Å². The fraction of sp³-hybridized carbons (Fsp3) is 0.462. The third-order valence-corrected chi connectivity index (χ3v) is 7.03. The first-order valence-electron chi connectivity index (χ1n) is 11.9. The smallest absolute Gasteiger partial charge is 0.244 e. The molecule has 0 fully saturated rings. The Hall–Kier alpha value is -3.07. The molecule has 0 saturated heterocycles. The van der Waals surface area contributed by atoms with Crippen molar-refractivity contribution in [2.45, 2.75) is 52.1 Å². The molecule has 0 aliphatic rings. The van der Waals surface area contributed by atoms with Crippen LogP contribution in [0.25, 0.3) is 0 Å². The summed E-state index contributed by atoms with van der Waals surface area (Å²) < 4.78 is 31.8. The lowest BCUT2D eigenvalue weighted by Crippen LogP contribution is -2.54. The van der Waals surface area contributed by atoms with Crippen LogP contribution in [0.1, 0.15) is 39.2 Å². The van der Waals surface area contributed by atoms with Crippen LogP contribution in [0, 0.1) is 0 Å². The lowest BCUT2D eigenvalue weighted by atomic mass is 10.1. The van der Waals surface area contributed by atoms with Crippen molar-refractivity contribution in [3.63, 3.8) is 0 Å². The topological polar surface area (TPSA) is 96.0 Å². The summed E-state index contributed by atoms with van der Waals surface area (Å²) >= 11 is 0. The van der Waals surface area contributed by atoms with E-state index in [0.717, 1.165) is 22.5 Å². The molecule has 0 aliphatic carbocycles. The van der Waals surface area contributed by atoms with Gasteiger partial charge in [-0.1, -0.05) is 56.3 Å². The molecule has 0 bridgehead atoms. The Morgan fingerprint density at radius 2 is 1.63 bits per heavy atom. The number of sulfonamides is 1. The third kappa shape index (κ3) is 7.99. The second kappa shape index (κ2) is 13.1. The molecule has 1 N–H and O–H groups in total. The van der Waals surface area contributed by atoms with Gasteiger partial charge in [0.25, 0.3) is 0 Å². The van der Waals surface area contributed by atoms with Crippen molar-refractivity contribution < 1.29 is 22.7 Å². The number of carbonyl (C=O) groups excluding carboxylic acids is 2. The van der Waals surface area contributed by atoms with Gasteiger partial charge >= 0.3 is 0 Å². The van der Waals surface area contributed by atoms with E-state index in [9.17, 15) is 18.0 Å². The first-order chi connectivity index (χ1) is 16.6. The molecule has 192 valence electrons. The van der Waals surface area contributed by atoms with Gasteiger partial charge in [0.15, 0.2) is 0 Å². The number of hydrogen-bond acceptors (Lipinski definition) is 5. The molecule has 2 rings (SSSR count). The maximum Gasteiger partial charge on any atom is 0.244 e. The van der Waals surface area contributed by atoms with E-state index in [4.69, 9.17) is 4.74 Å². The van der Waals surface area contributed by atoms with Crippen molar-refractivity contribution in [2.75, 3.05) is 30.8 Å². The third-order valence-electron chi connectivity index (χ3n) is 5.90. The standard InChI is InChI=1S/C26H37N3O5S/c1-6-20(3)27-26(31)22(7-2)28(18-17-21-13-9-8-10-14-21)25(30)19-29(35(5,32)33)23-15-11-12-16-24(23)34-4/h8-16,20,22H,6-7,17-19H2,1-5H3,(H,27,31). The van der Waals surface area contributed by atoms with Crippen LogP contribution in [0.2, 0.25) is 0 Å². The van der Waals surface area contributed by atoms with E-state index in [1.807, 2.05) is 51.1 Å². The molecule has 9 heteroatoms. The lowest BCUT2D eigenvalue weighted by molar-refractivity contribution is -0.139. The molecule has 8 nitrogen and oxygen atoms in total. The molecule has 0 aromatic heterocycles. The first-order valence-corrected chi connectivity index (χ1v) is 13.7. The molecule has 0 heterocycles. The zero-order valence-corrected chi connectivity index (χ0v) is 22.0. The van der Waals surface area contributed by atoms with E-state index in [2.05, 4.69) is 5.32 Å². The van der Waals surface area contributed by atoms with E-state index < -0.39 is 28.5 Å². The van der Waals surface area contributed by atoms with Crippen molar-refractivity contribution >= 4 is 27.5 Å². The van der Waals surface area contributed by atoms with Crippen LogP contribution in [0.4, 0.5) is 5.69 Å². The van der Waals surface area contributed by atoms with E-state index in [1.54, 1.807) is 24.3 Å². The summed E-state index contributed by atoms with van der Waals surface area (Å²) in [6, 6.07) is 15.5. The van der Waals surface area contributed by atoms with Crippen LogP contribution in [0.3, 0.4) is 0 Å². The highest BCUT2D eigenvalue weighted by Gasteiger charge is 2.32. The van der Waals surface area contributed by atoms with Crippen molar-refractivity contribution in [1.82, 2.24) is 10.2 Å². The van der Waals surface area contributed by atoms with Crippen LogP contribution in [0.15, 0.2) is 54.6 Å². The minimum Gasteiger partial charge on any atom is -0.495 e. The van der Waals surface area contributed by atoms with Crippen LogP contribution < -0.4 is 14.4 Å². The fourth-order valence-corrected chi connectivity index (χ4v) is 4.62. The van der Waals surface area contributed by atoms with Crippen molar-refractivity contribution in [2.24, 2.45) is 0 Å². The normalized spacial score (nSPS) is 12.9. The van der Waals surface area contributed by atoms with Gasteiger partial charge in [-0.3, -0.25) is 13.9 Å². The highest BCUT2D eigenvalue weighted by molar-refractivity contribution is 7.92. The van der Waals surface area contributed by atoms with E-state index >= 15 is 0 Å². The summed E-state index contributed by atoms with van der Waals surface area (Å²) in [6.07, 6.45) is 2.74. The summed E-state index contributed by atoms with van der Waals surface area (Å²) in [5.74, 6) is -0.363. The van der Waals surface area contributed by atoms with Crippen LogP contribution >= 0.6 is 0 Å². The number of amides is 2. The first kappa shape index (κ1) is 28.2. The molecule has 0 spiro atoms. The van der Waals surface area contributed by atoms with Crippen LogP contribution in [0.5, 0.6) is 5.75 Å². The molecule has 0 radical (unpaired) electrons. The molecule has 2 atom stereocenters. The monoisotopic (exact) mass is 503 g/mol. The quantitative estimate of drug-likeness (QED) is 0.453. The summed E-state index contributed by atoms with van der Waals surface area (Å²) in [5, 5.41) is 2.96. The van der Waals surface area contributed by atoms with Crippen LogP contribution in [-0.4, -0.2) is 63.7 Å². The van der Waals surface area contributed by atoms with Crippen LogP contribution in [-0.2, 0) is 26.0 Å². The van der Waals surface area contributed by atoms with Gasteiger partial charge in [0.2, 0.25) is 21.8 Å². The van der Waals surface area contributed by atoms with E-state index in [-0.39, 0.29) is 24.2 Å². The zero-order valence-electron chi connectivity index (χ0n) is 21.2. The molecule has 0 saturated carbocycles. The Morgan fingerprint density at radius 1 is 1.00 bits per heavy atom. The Balaban J connectivity index is 2.40. The van der Waals surface area contributed by atoms with Gasteiger partial charge in [0.1, 0.15) is 18.3 Å². The number of nitrogens with zero attached hydrogens (tertiary/aromatic N) is 2. The SMILES string of the molecule is CCC(C)NC(=O)C(CC)N(CCc1ccccc1)C(=O)CN(c1ccccc1OC)S(C)(=O)=O. The van der Waals surface area contributed by atoms with Gasteiger partial charge < -0.3 is 15.0 Å². The van der Waals surface area contributed by atoms with Gasteiger partial charge in [0, 0.05) is 12.6 Å². The zero-order chi connectivity index (χ0) is 26.0. The van der Waals surface area contributed by atoms with Gasteiger partial charge in [-0.15, -0.1) is 0 Å². The molecule has 0 aliphatic heterocycles. The number of carbonyl (C=O) groups is 2. The maximum absolute atomic E-state index is 13.7. The molecule has 2 unspecified atom stereocenters. The Kier molecular flexibility index (Phi) is 10.6. The van der Waals surface area contributed by atoms with Crippen molar-refractivity contribution in [3.05, 3.63) is 60.2 Å². The fourth-order valence-electron chi connectivity index (χ4n) is 3.77. The molecular formula is C26H37N3O5S. The molecule has 35 heavy (non-hydrogen) atoms. The number of anilines is 1. The van der Waals surface area contributed by atoms with Gasteiger partial charge in [-0.25, -0.2) is 8.42 Å². The molecular weight excluding hydrogens is 466 g/mol. The molecule has 2 amide bonds. The second-order valence-electron chi connectivity index (χ2n) is 8.51. The van der Waals surface area contributed by atoms with E-state index in [1.165, 1.54) is 12.0 Å². The van der Waals surface area contributed by atoms with E-state index in [0.29, 0.717) is 18.6 Å². The minimum atomic E-state index is -3.82. The number of nitrogens with one attached hydrogen (secondary N) is 1. The summed E-state index contributed by atoms with van der Waals surface area (Å²) in [5.41, 5.74) is 1.29. The molecule has 2 aromatic carbocycles. The molecule has 2 aromatic rings. The predicted octanol–water partition coefficient (Wildman–Crippen LogP) is 3.23. The number of rotatable bonds is 13. The predicted molar refractivity (Wildman–Crippen MR) is 139 cm³/mol. The summed E-state index contributed by atoms with van der Waals surface area (Å²) in [6.45, 7) is 5.56. The Labute approximate surface area is 209 Å². The number of hydrogen-bond donors (Lipinski definition) is 1. The largest absolute Gasteiger partial charge is 0.495 e. The van der Waals surface area contributed by atoms with Gasteiger partial charge in [-0.05, 0) is 43.9 Å². The lowest BCUT2D eigenvalue weighted by Gasteiger charge is -2.33. The number of ether oxygens (including phenoxy) is 1. The average Bonchev–Trinajstić information content (AvgIpc) is 2.84. The highest BCUT2D eigenvalue weighted by Crippen LogP contribution is 2.29. The Bertz CT molecular complexity index is 1080. The maximum atomic E-state index is 13.7. The minimum absolute atomic E-state index is 0.0382. The number of methoxy groups -OCH3 is 1. The number of benzene rings is 2. The Morgan fingerprint density at radius 3 is 2.20 bits per heavy atom. The number of para-hydroxylation sites is 2. The highest BCUT2D eigenvalue weighted by atomic mass is 32.2. The summed E-state index contributed by atoms with van der Waals surface area (Å²) in [7, 11) is -2.37. The van der Waals surface area contributed by atoms with Gasteiger partial charge in [-0.2, -0.15) is 0 Å². The summed E-state index contributed by atoms with van der Waals surface area (Å²) in [4.78, 5) is 28.2. The average molecular weight is 504 g/mol.